The van der Waals surface area contributed by atoms with Crippen molar-refractivity contribution in [2.45, 2.75) is 6.92 Å². The molecule has 29 heavy (non-hydrogen) atoms. The van der Waals surface area contributed by atoms with Gasteiger partial charge in [0.15, 0.2) is 5.82 Å². The number of rotatable bonds is 5. The summed E-state index contributed by atoms with van der Waals surface area (Å²) in [7, 11) is 0. The smallest absolute Gasteiger partial charge is 0.221 e. The van der Waals surface area contributed by atoms with Crippen LogP contribution in [-0.2, 0) is 4.79 Å². The zero-order chi connectivity index (χ0) is 20.2. The largest absolute Gasteiger partial charge is 0.326 e. The number of aromatic nitrogens is 2. The minimum atomic E-state index is -0.267. The summed E-state index contributed by atoms with van der Waals surface area (Å²) in [6.45, 7) is 1.47. The average Bonchev–Trinajstić information content (AvgIpc) is 3.14. The summed E-state index contributed by atoms with van der Waals surface area (Å²) in [4.78, 5) is 20.6. The van der Waals surface area contributed by atoms with Gasteiger partial charge in [-0.2, -0.15) is 5.10 Å². The van der Waals surface area contributed by atoms with Crippen LogP contribution in [0.5, 0.6) is 0 Å². The third kappa shape index (κ3) is 4.44. The average molecular weight is 405 g/mol. The highest BCUT2D eigenvalue weighted by atomic mass is 32.1. The Morgan fingerprint density at radius 2 is 1.86 bits per heavy atom. The van der Waals surface area contributed by atoms with Crippen molar-refractivity contribution in [2.75, 3.05) is 10.7 Å². The summed E-state index contributed by atoms with van der Waals surface area (Å²) in [5.41, 5.74) is 6.27. The highest BCUT2D eigenvalue weighted by Crippen LogP contribution is 2.35. The van der Waals surface area contributed by atoms with Gasteiger partial charge in [0, 0.05) is 17.5 Å². The third-order valence-corrected chi connectivity index (χ3v) is 5.24. The van der Waals surface area contributed by atoms with E-state index in [0.717, 1.165) is 31.9 Å². The minimum absolute atomic E-state index is 0.114. The Morgan fingerprint density at radius 1 is 1.10 bits per heavy atom. The zero-order valence-electron chi connectivity index (χ0n) is 15.4. The van der Waals surface area contributed by atoms with Gasteiger partial charge < -0.3 is 5.32 Å². The second-order valence-corrected chi connectivity index (χ2v) is 7.28. The van der Waals surface area contributed by atoms with Gasteiger partial charge in [0.2, 0.25) is 5.91 Å². The van der Waals surface area contributed by atoms with Crippen molar-refractivity contribution in [3.63, 3.8) is 0 Å². The van der Waals surface area contributed by atoms with Gasteiger partial charge in [0.1, 0.15) is 12.1 Å². The lowest BCUT2D eigenvalue weighted by molar-refractivity contribution is -0.114. The number of benzene rings is 2. The van der Waals surface area contributed by atoms with Gasteiger partial charge in [-0.25, -0.2) is 14.4 Å². The number of hydrogen-bond acceptors (Lipinski definition) is 6. The molecular formula is C21H16FN5OS. The van der Waals surface area contributed by atoms with Crippen LogP contribution in [-0.4, -0.2) is 22.1 Å². The Balaban J connectivity index is 1.52. The maximum atomic E-state index is 13.2. The molecule has 0 aliphatic heterocycles. The molecule has 0 aliphatic rings. The minimum Gasteiger partial charge on any atom is -0.326 e. The number of hydrazone groups is 1. The maximum absolute atomic E-state index is 13.2. The third-order valence-electron chi connectivity index (χ3n) is 4.06. The molecule has 0 radical (unpaired) electrons. The van der Waals surface area contributed by atoms with E-state index >= 15 is 0 Å². The van der Waals surface area contributed by atoms with Gasteiger partial charge in [0.05, 0.1) is 16.4 Å². The van der Waals surface area contributed by atoms with Gasteiger partial charge in [-0.05, 0) is 41.5 Å². The molecule has 6 nitrogen and oxygen atoms in total. The number of halogens is 1. The van der Waals surface area contributed by atoms with Crippen molar-refractivity contribution in [1.29, 1.82) is 0 Å². The summed E-state index contributed by atoms with van der Waals surface area (Å²) in [5, 5.41) is 6.97. The van der Waals surface area contributed by atoms with Crippen molar-refractivity contribution in [3.8, 4) is 10.4 Å². The van der Waals surface area contributed by atoms with Crippen LogP contribution in [0, 0.1) is 5.82 Å². The predicted molar refractivity (Wildman–Crippen MR) is 115 cm³/mol. The van der Waals surface area contributed by atoms with E-state index < -0.39 is 0 Å². The standard InChI is InChI=1S/C21H16FN5OS/c1-13(28)26-17-8-2-14(3-9-17)11-25-27-21-20-18(23-12-24-21)10-19(29-20)15-4-6-16(22)7-5-15/h2-12H,1H3,(H,26,28)(H,23,24,27)/b25-11-. The molecule has 1 amide bonds. The molecule has 4 rings (SSSR count). The summed E-state index contributed by atoms with van der Waals surface area (Å²) < 4.78 is 14.0. The normalized spacial score (nSPS) is 11.1. The molecule has 2 aromatic heterocycles. The maximum Gasteiger partial charge on any atom is 0.221 e. The first-order valence-corrected chi connectivity index (χ1v) is 9.57. The van der Waals surface area contributed by atoms with Gasteiger partial charge in [-0.3, -0.25) is 10.2 Å². The second-order valence-electron chi connectivity index (χ2n) is 6.23. The van der Waals surface area contributed by atoms with Crippen LogP contribution in [0.25, 0.3) is 20.7 Å². The van der Waals surface area contributed by atoms with Gasteiger partial charge in [-0.15, -0.1) is 11.3 Å². The van der Waals surface area contributed by atoms with Crippen LogP contribution in [0.3, 0.4) is 0 Å². The van der Waals surface area contributed by atoms with E-state index in [-0.39, 0.29) is 11.7 Å². The Kier molecular flexibility index (Phi) is 5.26. The number of amides is 1. The Morgan fingerprint density at radius 3 is 2.59 bits per heavy atom. The molecule has 0 saturated heterocycles. The summed E-state index contributed by atoms with van der Waals surface area (Å²) >= 11 is 1.51. The lowest BCUT2D eigenvalue weighted by atomic mass is 10.2. The number of carbonyl (C=O) groups is 1. The van der Waals surface area contributed by atoms with Crippen molar-refractivity contribution >= 4 is 45.2 Å². The lowest BCUT2D eigenvalue weighted by Gasteiger charge is -2.02. The van der Waals surface area contributed by atoms with E-state index in [1.807, 2.05) is 18.2 Å². The highest BCUT2D eigenvalue weighted by Gasteiger charge is 2.10. The number of thiophene rings is 1. The van der Waals surface area contributed by atoms with Gasteiger partial charge >= 0.3 is 0 Å². The molecule has 0 fully saturated rings. The molecule has 0 unspecified atom stereocenters. The Labute approximate surface area is 170 Å². The topological polar surface area (TPSA) is 79.3 Å². The van der Waals surface area contributed by atoms with Crippen LogP contribution in [0.2, 0.25) is 0 Å². The van der Waals surface area contributed by atoms with Crippen LogP contribution >= 0.6 is 11.3 Å². The first kappa shape index (κ1) is 18.7. The Hall–Kier alpha value is -3.65. The van der Waals surface area contributed by atoms with Crippen molar-refractivity contribution in [3.05, 3.63) is 72.3 Å². The highest BCUT2D eigenvalue weighted by molar-refractivity contribution is 7.22. The molecule has 8 heteroatoms. The fourth-order valence-electron chi connectivity index (χ4n) is 2.71. The molecule has 4 aromatic rings. The van der Waals surface area contributed by atoms with E-state index in [0.29, 0.717) is 5.82 Å². The van der Waals surface area contributed by atoms with Crippen LogP contribution in [0.4, 0.5) is 15.9 Å². The molecule has 0 atom stereocenters. The molecule has 2 heterocycles. The molecule has 0 bridgehead atoms. The van der Waals surface area contributed by atoms with E-state index in [1.165, 1.54) is 36.7 Å². The number of fused-ring (bicyclic) bond motifs is 1. The van der Waals surface area contributed by atoms with E-state index in [2.05, 4.69) is 25.8 Å². The van der Waals surface area contributed by atoms with E-state index in [4.69, 9.17) is 0 Å². The van der Waals surface area contributed by atoms with Crippen LogP contribution < -0.4 is 10.7 Å². The van der Waals surface area contributed by atoms with Crippen molar-refractivity contribution in [2.24, 2.45) is 5.10 Å². The monoisotopic (exact) mass is 405 g/mol. The first-order valence-electron chi connectivity index (χ1n) is 8.76. The van der Waals surface area contributed by atoms with Crippen LogP contribution in [0.15, 0.2) is 66.0 Å². The number of hydrogen-bond donors (Lipinski definition) is 2. The number of anilines is 2. The Bertz CT molecular complexity index is 1190. The first-order chi connectivity index (χ1) is 14.1. The summed E-state index contributed by atoms with van der Waals surface area (Å²) in [6, 6.07) is 15.6. The van der Waals surface area contributed by atoms with E-state index in [9.17, 15) is 9.18 Å². The second kappa shape index (κ2) is 8.15. The molecule has 2 N–H and O–H groups in total. The number of nitrogens with zero attached hydrogens (tertiary/aromatic N) is 3. The fraction of sp³-hybridized carbons (Fsp3) is 0.0476. The predicted octanol–water partition coefficient (Wildman–Crippen LogP) is 4.90. The lowest BCUT2D eigenvalue weighted by Crippen LogP contribution is -2.05. The molecule has 0 saturated carbocycles. The quantitative estimate of drug-likeness (QED) is 0.366. The van der Waals surface area contributed by atoms with E-state index in [1.54, 1.807) is 30.5 Å². The zero-order valence-corrected chi connectivity index (χ0v) is 16.2. The molecule has 2 aromatic carbocycles. The number of carbonyl (C=O) groups excluding carboxylic acids is 1. The SMILES string of the molecule is CC(=O)Nc1ccc(/C=N\Nc2ncnc3cc(-c4ccc(F)cc4)sc23)cc1. The number of nitrogens with one attached hydrogen (secondary N) is 2. The van der Waals surface area contributed by atoms with Crippen molar-refractivity contribution in [1.82, 2.24) is 9.97 Å². The fourth-order valence-corrected chi connectivity index (χ4v) is 3.77. The molecule has 0 spiro atoms. The van der Waals surface area contributed by atoms with Crippen molar-refractivity contribution < 1.29 is 9.18 Å². The van der Waals surface area contributed by atoms with Crippen LogP contribution in [0.1, 0.15) is 12.5 Å². The van der Waals surface area contributed by atoms with Gasteiger partial charge in [0.25, 0.3) is 0 Å². The molecule has 0 aliphatic carbocycles. The summed E-state index contributed by atoms with van der Waals surface area (Å²) in [6.07, 6.45) is 3.14. The summed E-state index contributed by atoms with van der Waals surface area (Å²) in [5.74, 6) is 0.216. The van der Waals surface area contributed by atoms with Gasteiger partial charge in [-0.1, -0.05) is 24.3 Å². The molecular weight excluding hydrogens is 389 g/mol. The molecule has 144 valence electrons.